The zero-order chi connectivity index (χ0) is 10.4. The topological polar surface area (TPSA) is 43.6 Å². The predicted octanol–water partition coefficient (Wildman–Crippen LogP) is 2.45. The number of nitrogens with zero attached hydrogens (tertiary/aromatic N) is 4. The summed E-state index contributed by atoms with van der Waals surface area (Å²) in [5, 5.41) is 4.75. The Labute approximate surface area is 92.3 Å². The quantitative estimate of drug-likeness (QED) is 0.784. The fraction of sp³-hybridized carbons (Fsp3) is 0.500. The van der Waals surface area contributed by atoms with E-state index in [-0.39, 0.29) is 0 Å². The molecule has 78 valence electrons. The Morgan fingerprint density at radius 1 is 1.47 bits per heavy atom. The van der Waals surface area contributed by atoms with Gasteiger partial charge in [0.2, 0.25) is 0 Å². The van der Waals surface area contributed by atoms with Crippen LogP contribution in [0.3, 0.4) is 0 Å². The molecule has 3 rings (SSSR count). The van der Waals surface area contributed by atoms with Gasteiger partial charge >= 0.3 is 0 Å². The Morgan fingerprint density at radius 2 is 2.27 bits per heavy atom. The van der Waals surface area contributed by atoms with Gasteiger partial charge in [0, 0.05) is 0 Å². The largest absolute Gasteiger partial charge is 0.248 e. The van der Waals surface area contributed by atoms with E-state index in [1.807, 2.05) is 4.68 Å². The molecule has 0 aliphatic heterocycles. The van der Waals surface area contributed by atoms with Crippen molar-refractivity contribution in [1.29, 1.82) is 0 Å². The molecule has 0 amide bonds. The second-order valence-corrected chi connectivity index (χ2v) is 4.46. The summed E-state index contributed by atoms with van der Waals surface area (Å²) in [6.45, 7) is 2.17. The first-order chi connectivity index (χ1) is 7.25. The van der Waals surface area contributed by atoms with Crippen LogP contribution < -0.4 is 0 Å². The summed E-state index contributed by atoms with van der Waals surface area (Å²) in [5.74, 6) is 0.744. The lowest BCUT2D eigenvalue weighted by Crippen LogP contribution is -2.09. The molecule has 2 heterocycles. The van der Waals surface area contributed by atoms with Crippen LogP contribution in [0, 0.1) is 5.92 Å². The van der Waals surface area contributed by atoms with E-state index in [0.29, 0.717) is 11.2 Å². The summed E-state index contributed by atoms with van der Waals surface area (Å²) >= 11 is 5.83. The molecule has 5 heteroatoms. The van der Waals surface area contributed by atoms with Crippen molar-refractivity contribution < 1.29 is 0 Å². The van der Waals surface area contributed by atoms with Gasteiger partial charge in [-0.15, -0.1) is 0 Å². The monoisotopic (exact) mass is 222 g/mol. The van der Waals surface area contributed by atoms with E-state index in [1.165, 1.54) is 12.8 Å². The van der Waals surface area contributed by atoms with Crippen LogP contribution in [0.2, 0.25) is 5.15 Å². The molecule has 0 unspecified atom stereocenters. The van der Waals surface area contributed by atoms with E-state index in [2.05, 4.69) is 22.0 Å². The van der Waals surface area contributed by atoms with Gasteiger partial charge in [-0.2, -0.15) is 5.10 Å². The summed E-state index contributed by atoms with van der Waals surface area (Å²) in [6, 6.07) is 0.398. The third-order valence-corrected chi connectivity index (χ3v) is 3.15. The summed E-state index contributed by atoms with van der Waals surface area (Å²) in [7, 11) is 0. The molecular formula is C10H11ClN4. The molecule has 1 saturated carbocycles. The zero-order valence-electron chi connectivity index (χ0n) is 8.39. The number of aromatic nitrogens is 4. The molecular weight excluding hydrogens is 212 g/mol. The van der Waals surface area contributed by atoms with Crippen molar-refractivity contribution in [2.45, 2.75) is 25.8 Å². The fourth-order valence-corrected chi connectivity index (χ4v) is 2.00. The number of halogens is 1. The fourth-order valence-electron chi connectivity index (χ4n) is 1.88. The lowest BCUT2D eigenvalue weighted by Gasteiger charge is -2.10. The van der Waals surface area contributed by atoms with E-state index in [4.69, 9.17) is 11.6 Å². The molecule has 2 aromatic heterocycles. The maximum absolute atomic E-state index is 5.83. The van der Waals surface area contributed by atoms with Crippen LogP contribution in [-0.4, -0.2) is 19.7 Å². The molecule has 0 aromatic carbocycles. The summed E-state index contributed by atoms with van der Waals surface area (Å²) in [4.78, 5) is 8.46. The average Bonchev–Trinajstić information content (AvgIpc) is 2.98. The van der Waals surface area contributed by atoms with Crippen LogP contribution in [0.5, 0.6) is 0 Å². The average molecular weight is 223 g/mol. The third kappa shape index (κ3) is 1.49. The van der Waals surface area contributed by atoms with Crippen LogP contribution in [-0.2, 0) is 0 Å². The molecule has 2 aromatic rings. The first-order valence-corrected chi connectivity index (χ1v) is 5.49. The Kier molecular flexibility index (Phi) is 1.92. The molecule has 0 bridgehead atoms. The molecule has 0 radical (unpaired) electrons. The zero-order valence-corrected chi connectivity index (χ0v) is 9.15. The minimum absolute atomic E-state index is 0.398. The number of fused-ring (bicyclic) bond motifs is 1. The van der Waals surface area contributed by atoms with Crippen LogP contribution in [0.4, 0.5) is 0 Å². The second kappa shape index (κ2) is 3.17. The SMILES string of the molecule is C[C@@H](C1CC1)n1ncc2ncc(Cl)nc21. The lowest BCUT2D eigenvalue weighted by molar-refractivity contribution is 0.451. The molecule has 0 spiro atoms. The van der Waals surface area contributed by atoms with Crippen molar-refractivity contribution in [3.8, 4) is 0 Å². The smallest absolute Gasteiger partial charge is 0.178 e. The Hall–Kier alpha value is -1.16. The van der Waals surface area contributed by atoms with Gasteiger partial charge in [-0.25, -0.2) is 14.6 Å². The maximum Gasteiger partial charge on any atom is 0.178 e. The van der Waals surface area contributed by atoms with Crippen LogP contribution in [0.15, 0.2) is 12.4 Å². The van der Waals surface area contributed by atoms with Crippen LogP contribution in [0.1, 0.15) is 25.8 Å². The second-order valence-electron chi connectivity index (χ2n) is 4.07. The molecule has 15 heavy (non-hydrogen) atoms. The highest BCUT2D eigenvalue weighted by molar-refractivity contribution is 6.29. The van der Waals surface area contributed by atoms with Gasteiger partial charge in [0.15, 0.2) is 5.65 Å². The number of hydrogen-bond donors (Lipinski definition) is 0. The highest BCUT2D eigenvalue weighted by Crippen LogP contribution is 2.39. The van der Waals surface area contributed by atoms with E-state index in [0.717, 1.165) is 17.1 Å². The first kappa shape index (κ1) is 9.09. The van der Waals surface area contributed by atoms with Gasteiger partial charge in [-0.05, 0) is 25.7 Å². The number of rotatable bonds is 2. The molecule has 0 N–H and O–H groups in total. The predicted molar refractivity (Wildman–Crippen MR) is 57.8 cm³/mol. The molecule has 4 nitrogen and oxygen atoms in total. The molecule has 1 fully saturated rings. The molecule has 1 aliphatic rings. The molecule has 1 aliphatic carbocycles. The van der Waals surface area contributed by atoms with Crippen molar-refractivity contribution in [3.63, 3.8) is 0 Å². The Morgan fingerprint density at radius 3 is 3.00 bits per heavy atom. The van der Waals surface area contributed by atoms with Crippen molar-refractivity contribution in [1.82, 2.24) is 19.7 Å². The minimum Gasteiger partial charge on any atom is -0.248 e. The molecule has 1 atom stereocenters. The van der Waals surface area contributed by atoms with E-state index < -0.39 is 0 Å². The van der Waals surface area contributed by atoms with E-state index >= 15 is 0 Å². The van der Waals surface area contributed by atoms with Gasteiger partial charge in [0.25, 0.3) is 0 Å². The van der Waals surface area contributed by atoms with Crippen molar-refractivity contribution >= 4 is 22.8 Å². The van der Waals surface area contributed by atoms with Crippen molar-refractivity contribution in [3.05, 3.63) is 17.5 Å². The summed E-state index contributed by atoms with van der Waals surface area (Å²) in [5.41, 5.74) is 1.61. The maximum atomic E-state index is 5.83. The van der Waals surface area contributed by atoms with E-state index in [9.17, 15) is 0 Å². The Bertz CT molecular complexity index is 503. The van der Waals surface area contributed by atoms with Gasteiger partial charge in [-0.1, -0.05) is 11.6 Å². The van der Waals surface area contributed by atoms with E-state index in [1.54, 1.807) is 12.4 Å². The number of hydrogen-bond acceptors (Lipinski definition) is 3. The van der Waals surface area contributed by atoms with Crippen molar-refractivity contribution in [2.75, 3.05) is 0 Å². The summed E-state index contributed by atoms with van der Waals surface area (Å²) in [6.07, 6.45) is 5.88. The van der Waals surface area contributed by atoms with Crippen molar-refractivity contribution in [2.24, 2.45) is 5.92 Å². The lowest BCUT2D eigenvalue weighted by atomic mass is 10.2. The third-order valence-electron chi connectivity index (χ3n) is 2.96. The normalized spacial score (nSPS) is 18.3. The van der Waals surface area contributed by atoms with Crippen LogP contribution >= 0.6 is 11.6 Å². The van der Waals surface area contributed by atoms with Gasteiger partial charge in [0.05, 0.1) is 18.4 Å². The standard InChI is InChI=1S/C10H11ClN4/c1-6(7-2-3-7)15-10-8(4-13-15)12-5-9(11)14-10/h4-7H,2-3H2,1H3/t6-/m0/s1. The summed E-state index contributed by atoms with van der Waals surface area (Å²) < 4.78 is 1.94. The highest BCUT2D eigenvalue weighted by Gasteiger charge is 2.30. The Balaban J connectivity index is 2.13. The van der Waals surface area contributed by atoms with Gasteiger partial charge in [0.1, 0.15) is 10.7 Å². The first-order valence-electron chi connectivity index (χ1n) is 5.11. The van der Waals surface area contributed by atoms with Gasteiger partial charge in [-0.3, -0.25) is 0 Å². The highest BCUT2D eigenvalue weighted by atomic mass is 35.5. The minimum atomic E-state index is 0.398. The van der Waals surface area contributed by atoms with Crippen LogP contribution in [0.25, 0.3) is 11.2 Å². The molecule has 0 saturated heterocycles. The van der Waals surface area contributed by atoms with Gasteiger partial charge < -0.3 is 0 Å².